The van der Waals surface area contributed by atoms with E-state index in [-0.39, 0.29) is 5.78 Å². The summed E-state index contributed by atoms with van der Waals surface area (Å²) in [5.41, 5.74) is 2.23. The van der Waals surface area contributed by atoms with Crippen molar-refractivity contribution < 1.29 is 10.0 Å². The first-order valence-electron chi connectivity index (χ1n) is 5.62. The molecule has 3 heteroatoms. The minimum absolute atomic E-state index is 0.0748. The first-order valence-corrected chi connectivity index (χ1v) is 5.62. The summed E-state index contributed by atoms with van der Waals surface area (Å²) in [4.78, 5) is 12.4. The van der Waals surface area contributed by atoms with E-state index >= 15 is 0 Å². The molecule has 0 aliphatic rings. The third-order valence-electron chi connectivity index (χ3n) is 2.75. The Morgan fingerprint density at radius 2 is 1.50 bits per heavy atom. The highest BCUT2D eigenvalue weighted by molar-refractivity contribution is 6.16. The molecule has 2 aromatic rings. The van der Waals surface area contributed by atoms with E-state index in [1.165, 1.54) is 0 Å². The van der Waals surface area contributed by atoms with Crippen molar-refractivity contribution in [2.75, 3.05) is 0 Å². The third-order valence-corrected chi connectivity index (χ3v) is 2.75. The standard InChI is InChI=1S/C15H13NO2/c1-11(16-18)13-9-5-6-10-14(13)15(17)12-7-3-2-4-8-12/h2-10,18H,1H3. The molecular formula is C15H13NO2. The van der Waals surface area contributed by atoms with Gasteiger partial charge in [0.05, 0.1) is 5.71 Å². The number of ketones is 1. The summed E-state index contributed by atoms with van der Waals surface area (Å²) in [5, 5.41) is 12.0. The molecule has 0 saturated heterocycles. The molecule has 0 saturated carbocycles. The van der Waals surface area contributed by atoms with Crippen LogP contribution >= 0.6 is 0 Å². The van der Waals surface area contributed by atoms with E-state index in [0.29, 0.717) is 22.4 Å². The molecule has 0 aliphatic heterocycles. The van der Waals surface area contributed by atoms with Gasteiger partial charge in [-0.2, -0.15) is 0 Å². The fourth-order valence-corrected chi connectivity index (χ4v) is 1.80. The van der Waals surface area contributed by atoms with E-state index in [0.717, 1.165) is 0 Å². The van der Waals surface area contributed by atoms with Gasteiger partial charge < -0.3 is 5.21 Å². The van der Waals surface area contributed by atoms with Crippen LogP contribution in [0.5, 0.6) is 0 Å². The number of rotatable bonds is 3. The summed E-state index contributed by atoms with van der Waals surface area (Å²) >= 11 is 0. The summed E-state index contributed by atoms with van der Waals surface area (Å²) in [6, 6.07) is 16.2. The Balaban J connectivity index is 2.49. The summed E-state index contributed by atoms with van der Waals surface area (Å²) in [6.45, 7) is 1.66. The Labute approximate surface area is 105 Å². The zero-order valence-electron chi connectivity index (χ0n) is 10.00. The predicted octanol–water partition coefficient (Wildman–Crippen LogP) is 3.12. The maximum absolute atomic E-state index is 12.4. The molecule has 3 nitrogen and oxygen atoms in total. The lowest BCUT2D eigenvalue weighted by atomic mass is 9.96. The van der Waals surface area contributed by atoms with Crippen molar-refractivity contribution in [3.63, 3.8) is 0 Å². The Kier molecular flexibility index (Phi) is 3.53. The lowest BCUT2D eigenvalue weighted by Crippen LogP contribution is -2.08. The van der Waals surface area contributed by atoms with Crippen molar-refractivity contribution >= 4 is 11.5 Å². The molecule has 0 aliphatic carbocycles. The van der Waals surface area contributed by atoms with E-state index in [1.807, 2.05) is 24.3 Å². The summed E-state index contributed by atoms with van der Waals surface area (Å²) in [5.74, 6) is -0.0748. The fourth-order valence-electron chi connectivity index (χ4n) is 1.80. The van der Waals surface area contributed by atoms with E-state index in [9.17, 15) is 4.79 Å². The molecule has 0 heterocycles. The molecule has 90 valence electrons. The quantitative estimate of drug-likeness (QED) is 0.387. The van der Waals surface area contributed by atoms with Gasteiger partial charge in [-0.25, -0.2) is 0 Å². The second-order valence-electron chi connectivity index (χ2n) is 3.93. The van der Waals surface area contributed by atoms with Gasteiger partial charge in [0.2, 0.25) is 0 Å². The van der Waals surface area contributed by atoms with E-state index in [1.54, 1.807) is 37.3 Å². The molecule has 0 radical (unpaired) electrons. The molecule has 0 atom stereocenters. The lowest BCUT2D eigenvalue weighted by Gasteiger charge is -2.07. The van der Waals surface area contributed by atoms with Gasteiger partial charge in [-0.05, 0) is 6.92 Å². The van der Waals surface area contributed by atoms with Crippen molar-refractivity contribution in [2.24, 2.45) is 5.16 Å². The highest BCUT2D eigenvalue weighted by atomic mass is 16.4. The second-order valence-corrected chi connectivity index (χ2v) is 3.93. The number of carbonyl (C=O) groups excluding carboxylic acids is 1. The van der Waals surface area contributed by atoms with Gasteiger partial charge in [-0.3, -0.25) is 4.79 Å². The van der Waals surface area contributed by atoms with Gasteiger partial charge in [0.1, 0.15) is 0 Å². The van der Waals surface area contributed by atoms with Gasteiger partial charge in [0, 0.05) is 16.7 Å². The molecule has 0 spiro atoms. The van der Waals surface area contributed by atoms with Gasteiger partial charge in [0.25, 0.3) is 0 Å². The smallest absolute Gasteiger partial charge is 0.193 e. The highest BCUT2D eigenvalue weighted by Crippen LogP contribution is 2.15. The number of carbonyl (C=O) groups is 1. The van der Waals surface area contributed by atoms with Crippen molar-refractivity contribution in [1.82, 2.24) is 0 Å². The van der Waals surface area contributed by atoms with Gasteiger partial charge in [-0.15, -0.1) is 0 Å². The summed E-state index contributed by atoms with van der Waals surface area (Å²) < 4.78 is 0. The van der Waals surface area contributed by atoms with Crippen molar-refractivity contribution in [2.45, 2.75) is 6.92 Å². The Bertz CT molecular complexity index is 588. The van der Waals surface area contributed by atoms with Crippen LogP contribution in [-0.2, 0) is 0 Å². The lowest BCUT2D eigenvalue weighted by molar-refractivity contribution is 0.103. The number of oxime groups is 1. The third kappa shape index (κ3) is 2.30. The number of nitrogens with zero attached hydrogens (tertiary/aromatic N) is 1. The molecule has 2 aromatic carbocycles. The first-order chi connectivity index (χ1) is 8.74. The van der Waals surface area contributed by atoms with Crippen LogP contribution in [0, 0.1) is 0 Å². The Morgan fingerprint density at radius 3 is 2.11 bits per heavy atom. The van der Waals surface area contributed by atoms with Crippen LogP contribution < -0.4 is 0 Å². The maximum Gasteiger partial charge on any atom is 0.193 e. The maximum atomic E-state index is 12.4. The normalized spacial score (nSPS) is 11.3. The van der Waals surface area contributed by atoms with Crippen molar-refractivity contribution in [1.29, 1.82) is 0 Å². The molecule has 0 bridgehead atoms. The zero-order valence-corrected chi connectivity index (χ0v) is 10.00. The van der Waals surface area contributed by atoms with Crippen LogP contribution in [0.1, 0.15) is 28.4 Å². The summed E-state index contributed by atoms with van der Waals surface area (Å²) in [7, 11) is 0. The molecule has 2 rings (SSSR count). The molecule has 0 fully saturated rings. The monoisotopic (exact) mass is 239 g/mol. The minimum atomic E-state index is -0.0748. The van der Waals surface area contributed by atoms with Gasteiger partial charge in [0.15, 0.2) is 5.78 Å². The van der Waals surface area contributed by atoms with Crippen LogP contribution in [0.2, 0.25) is 0 Å². The van der Waals surface area contributed by atoms with Crippen LogP contribution in [-0.4, -0.2) is 16.7 Å². The molecular weight excluding hydrogens is 226 g/mol. The van der Waals surface area contributed by atoms with Gasteiger partial charge in [-0.1, -0.05) is 59.8 Å². The number of benzene rings is 2. The number of hydrogen-bond donors (Lipinski definition) is 1. The molecule has 0 amide bonds. The topological polar surface area (TPSA) is 49.7 Å². The van der Waals surface area contributed by atoms with Crippen LogP contribution in [0.25, 0.3) is 0 Å². The fraction of sp³-hybridized carbons (Fsp3) is 0.0667. The van der Waals surface area contributed by atoms with E-state index in [4.69, 9.17) is 5.21 Å². The number of hydrogen-bond acceptors (Lipinski definition) is 3. The zero-order chi connectivity index (χ0) is 13.0. The average molecular weight is 239 g/mol. The summed E-state index contributed by atoms with van der Waals surface area (Å²) in [6.07, 6.45) is 0. The Hall–Kier alpha value is -2.42. The second kappa shape index (κ2) is 5.27. The van der Waals surface area contributed by atoms with Crippen LogP contribution in [0.4, 0.5) is 0 Å². The van der Waals surface area contributed by atoms with Crippen LogP contribution in [0.15, 0.2) is 59.8 Å². The van der Waals surface area contributed by atoms with Crippen molar-refractivity contribution in [3.8, 4) is 0 Å². The van der Waals surface area contributed by atoms with Gasteiger partial charge >= 0.3 is 0 Å². The molecule has 0 unspecified atom stereocenters. The first kappa shape index (κ1) is 12.0. The predicted molar refractivity (Wildman–Crippen MR) is 70.3 cm³/mol. The molecule has 18 heavy (non-hydrogen) atoms. The largest absolute Gasteiger partial charge is 0.411 e. The SMILES string of the molecule is CC(=NO)c1ccccc1C(=O)c1ccccc1. The van der Waals surface area contributed by atoms with Crippen LogP contribution in [0.3, 0.4) is 0 Å². The van der Waals surface area contributed by atoms with E-state index < -0.39 is 0 Å². The molecule has 1 N–H and O–H groups in total. The average Bonchev–Trinajstić information content (AvgIpc) is 2.46. The molecule has 0 aromatic heterocycles. The minimum Gasteiger partial charge on any atom is -0.411 e. The van der Waals surface area contributed by atoms with Crippen molar-refractivity contribution in [3.05, 3.63) is 71.3 Å². The highest BCUT2D eigenvalue weighted by Gasteiger charge is 2.14. The Morgan fingerprint density at radius 1 is 0.944 bits per heavy atom. The van der Waals surface area contributed by atoms with E-state index in [2.05, 4.69) is 5.16 Å².